The van der Waals surface area contributed by atoms with Gasteiger partial charge in [0.05, 0.1) is 0 Å². The third-order valence-electron chi connectivity index (χ3n) is 8.45. The second-order valence-corrected chi connectivity index (χ2v) is 10.4. The van der Waals surface area contributed by atoms with Gasteiger partial charge >= 0.3 is 0 Å². The molecule has 0 aliphatic heterocycles. The van der Waals surface area contributed by atoms with Crippen LogP contribution in [0.3, 0.4) is 0 Å². The predicted molar refractivity (Wildman–Crippen MR) is 105 cm³/mol. The van der Waals surface area contributed by atoms with Crippen molar-refractivity contribution >= 4 is 0 Å². The largest absolute Gasteiger partial charge is 0.309 e. The molecular formula is C24H35N. The average Bonchev–Trinajstić information content (AvgIpc) is 2.98. The van der Waals surface area contributed by atoms with E-state index in [0.29, 0.717) is 5.41 Å². The Kier molecular flexibility index (Phi) is 4.00. The second kappa shape index (κ2) is 6.12. The Morgan fingerprint density at radius 1 is 0.880 bits per heavy atom. The summed E-state index contributed by atoms with van der Waals surface area (Å²) in [5.74, 6) is 5.85. The molecule has 1 aromatic rings. The Bertz CT molecular complexity index is 568. The van der Waals surface area contributed by atoms with E-state index in [0.717, 1.165) is 35.5 Å². The normalized spacial score (nSPS) is 45.4. The van der Waals surface area contributed by atoms with Gasteiger partial charge in [-0.05, 0) is 112 Å². The Hall–Kier alpha value is -0.820. The molecule has 2 unspecified atom stereocenters. The predicted octanol–water partition coefficient (Wildman–Crippen LogP) is 5.57. The SMILES string of the molecule is CN(C)CC1CCC(C23CC4CC(CC(C4)C2)C3)[C@H]1c1ccccc1. The van der Waals surface area contributed by atoms with E-state index in [1.54, 1.807) is 44.1 Å². The smallest absolute Gasteiger partial charge is 0.000951 e. The van der Waals surface area contributed by atoms with E-state index in [9.17, 15) is 0 Å². The van der Waals surface area contributed by atoms with Gasteiger partial charge in [0.2, 0.25) is 0 Å². The molecule has 1 nitrogen and oxygen atoms in total. The maximum atomic E-state index is 2.44. The summed E-state index contributed by atoms with van der Waals surface area (Å²) in [6.45, 7) is 1.27. The van der Waals surface area contributed by atoms with Gasteiger partial charge in [-0.15, -0.1) is 0 Å². The number of hydrogen-bond acceptors (Lipinski definition) is 1. The minimum Gasteiger partial charge on any atom is -0.309 e. The van der Waals surface area contributed by atoms with Crippen LogP contribution >= 0.6 is 0 Å². The second-order valence-electron chi connectivity index (χ2n) is 10.4. The summed E-state index contributed by atoms with van der Waals surface area (Å²) in [6.07, 6.45) is 12.4. The molecule has 0 saturated heterocycles. The third kappa shape index (κ3) is 2.78. The minimum atomic E-state index is 0.705. The fraction of sp³-hybridized carbons (Fsp3) is 0.750. The van der Waals surface area contributed by atoms with Crippen LogP contribution < -0.4 is 0 Å². The Balaban J connectivity index is 1.49. The van der Waals surface area contributed by atoms with Gasteiger partial charge < -0.3 is 4.90 Å². The summed E-state index contributed by atoms with van der Waals surface area (Å²) >= 11 is 0. The average molecular weight is 338 g/mol. The molecule has 6 rings (SSSR count). The van der Waals surface area contributed by atoms with Crippen LogP contribution in [-0.4, -0.2) is 25.5 Å². The van der Waals surface area contributed by atoms with Crippen LogP contribution in [0.2, 0.25) is 0 Å². The molecule has 136 valence electrons. The minimum absolute atomic E-state index is 0.705. The first-order valence-electron chi connectivity index (χ1n) is 10.8. The van der Waals surface area contributed by atoms with Crippen molar-refractivity contribution in [2.45, 2.75) is 57.3 Å². The van der Waals surface area contributed by atoms with Crippen molar-refractivity contribution in [1.82, 2.24) is 4.90 Å². The van der Waals surface area contributed by atoms with Crippen molar-refractivity contribution in [3.8, 4) is 0 Å². The summed E-state index contributed by atoms with van der Waals surface area (Å²) in [5, 5.41) is 0. The highest BCUT2D eigenvalue weighted by atomic mass is 15.1. The first-order chi connectivity index (χ1) is 12.1. The number of rotatable bonds is 4. The molecule has 0 spiro atoms. The lowest BCUT2D eigenvalue weighted by Gasteiger charge is -2.60. The van der Waals surface area contributed by atoms with Crippen LogP contribution in [0.1, 0.15) is 62.8 Å². The first kappa shape index (κ1) is 16.4. The van der Waals surface area contributed by atoms with Crippen molar-refractivity contribution in [2.75, 3.05) is 20.6 Å². The quantitative estimate of drug-likeness (QED) is 0.694. The molecule has 3 atom stereocenters. The molecule has 5 saturated carbocycles. The number of benzene rings is 1. The zero-order valence-electron chi connectivity index (χ0n) is 16.2. The highest BCUT2D eigenvalue weighted by molar-refractivity contribution is 5.25. The van der Waals surface area contributed by atoms with Crippen molar-refractivity contribution < 1.29 is 0 Å². The molecule has 5 fully saturated rings. The molecule has 0 amide bonds. The standard InChI is InChI=1S/C24H35N/c1-25(2)16-21-8-9-22(23(21)20-6-4-3-5-7-20)24-13-17-10-18(14-24)12-19(11-17)15-24/h3-7,17-19,21-23H,8-16H2,1-2H3/t17?,18?,19?,21?,22?,23-,24?/m0/s1. The molecule has 0 radical (unpaired) electrons. The van der Waals surface area contributed by atoms with Crippen LogP contribution in [0.5, 0.6) is 0 Å². The molecule has 4 bridgehead atoms. The zero-order chi connectivity index (χ0) is 17.0. The van der Waals surface area contributed by atoms with E-state index in [4.69, 9.17) is 0 Å². The van der Waals surface area contributed by atoms with Gasteiger partial charge in [-0.2, -0.15) is 0 Å². The summed E-state index contributed by atoms with van der Waals surface area (Å²) in [7, 11) is 4.53. The Morgan fingerprint density at radius 2 is 1.48 bits per heavy atom. The van der Waals surface area contributed by atoms with Gasteiger partial charge in [0.25, 0.3) is 0 Å². The monoisotopic (exact) mass is 337 g/mol. The summed E-state index contributed by atoms with van der Waals surface area (Å²) in [5.41, 5.74) is 2.35. The summed E-state index contributed by atoms with van der Waals surface area (Å²) in [4.78, 5) is 2.43. The van der Waals surface area contributed by atoms with Crippen LogP contribution in [0.4, 0.5) is 0 Å². The van der Waals surface area contributed by atoms with E-state index in [2.05, 4.69) is 49.3 Å². The van der Waals surface area contributed by atoms with E-state index in [1.165, 1.54) is 19.4 Å². The van der Waals surface area contributed by atoms with Crippen molar-refractivity contribution in [3.05, 3.63) is 35.9 Å². The van der Waals surface area contributed by atoms with Crippen molar-refractivity contribution in [3.63, 3.8) is 0 Å². The van der Waals surface area contributed by atoms with E-state index < -0.39 is 0 Å². The lowest BCUT2D eigenvalue weighted by molar-refractivity contribution is -0.0909. The molecule has 1 heteroatoms. The molecule has 5 aliphatic carbocycles. The van der Waals surface area contributed by atoms with Crippen LogP contribution in [0.15, 0.2) is 30.3 Å². The van der Waals surface area contributed by atoms with Crippen molar-refractivity contribution in [1.29, 1.82) is 0 Å². The van der Waals surface area contributed by atoms with Crippen LogP contribution in [0, 0.1) is 35.0 Å². The van der Waals surface area contributed by atoms with E-state index >= 15 is 0 Å². The van der Waals surface area contributed by atoms with Gasteiger partial charge in [-0.3, -0.25) is 0 Å². The van der Waals surface area contributed by atoms with Gasteiger partial charge in [0.1, 0.15) is 0 Å². The molecular weight excluding hydrogens is 302 g/mol. The Labute approximate surface area is 154 Å². The number of nitrogens with zero attached hydrogens (tertiary/aromatic N) is 1. The zero-order valence-corrected chi connectivity index (χ0v) is 16.2. The highest BCUT2D eigenvalue weighted by Crippen LogP contribution is 2.67. The molecule has 25 heavy (non-hydrogen) atoms. The van der Waals surface area contributed by atoms with E-state index in [-0.39, 0.29) is 0 Å². The molecule has 1 aromatic carbocycles. The molecule has 0 aromatic heterocycles. The molecule has 0 heterocycles. The molecule has 5 aliphatic rings. The number of hydrogen-bond donors (Lipinski definition) is 0. The fourth-order valence-electron chi connectivity index (χ4n) is 8.25. The molecule has 0 N–H and O–H groups in total. The van der Waals surface area contributed by atoms with Crippen LogP contribution in [0.25, 0.3) is 0 Å². The first-order valence-corrected chi connectivity index (χ1v) is 10.8. The van der Waals surface area contributed by atoms with E-state index in [1.807, 2.05) is 0 Å². The Morgan fingerprint density at radius 3 is 2.04 bits per heavy atom. The fourth-order valence-corrected chi connectivity index (χ4v) is 8.25. The van der Waals surface area contributed by atoms with Gasteiger partial charge in [-0.1, -0.05) is 30.3 Å². The lowest BCUT2D eigenvalue weighted by atomic mass is 9.45. The van der Waals surface area contributed by atoms with Crippen LogP contribution in [-0.2, 0) is 0 Å². The van der Waals surface area contributed by atoms with Gasteiger partial charge in [0.15, 0.2) is 0 Å². The lowest BCUT2D eigenvalue weighted by Crippen LogP contribution is -2.50. The van der Waals surface area contributed by atoms with Crippen molar-refractivity contribution in [2.24, 2.45) is 35.0 Å². The summed E-state index contributed by atoms with van der Waals surface area (Å²) < 4.78 is 0. The van der Waals surface area contributed by atoms with Gasteiger partial charge in [0, 0.05) is 6.54 Å². The highest BCUT2D eigenvalue weighted by Gasteiger charge is 2.57. The third-order valence-corrected chi connectivity index (χ3v) is 8.45. The topological polar surface area (TPSA) is 3.24 Å². The maximum Gasteiger partial charge on any atom is 0.000951 e. The summed E-state index contributed by atoms with van der Waals surface area (Å²) in [6, 6.07) is 11.6. The van der Waals surface area contributed by atoms with Gasteiger partial charge in [-0.25, -0.2) is 0 Å². The maximum absolute atomic E-state index is 2.44.